The maximum atomic E-state index is 12.0. The van der Waals surface area contributed by atoms with Crippen molar-refractivity contribution in [2.75, 3.05) is 17.7 Å². The minimum Gasteiger partial charge on any atom is -0.395 e. The van der Waals surface area contributed by atoms with Crippen molar-refractivity contribution in [1.82, 2.24) is 4.98 Å². The van der Waals surface area contributed by atoms with Gasteiger partial charge in [-0.15, -0.1) is 11.8 Å². The number of thiazole rings is 1. The number of rotatable bonds is 3. The van der Waals surface area contributed by atoms with E-state index < -0.39 is 0 Å². The predicted octanol–water partition coefficient (Wildman–Crippen LogP) is 2.10. The molecule has 102 valence electrons. The van der Waals surface area contributed by atoms with E-state index in [-0.39, 0.29) is 17.8 Å². The molecule has 1 unspecified atom stereocenters. The zero-order valence-corrected chi connectivity index (χ0v) is 12.1. The third-order valence-corrected chi connectivity index (χ3v) is 4.86. The number of thioether (sulfide) groups is 1. The Morgan fingerprint density at radius 2 is 2.47 bits per heavy atom. The summed E-state index contributed by atoms with van der Waals surface area (Å²) in [7, 11) is 0. The van der Waals surface area contributed by atoms with Gasteiger partial charge in [-0.1, -0.05) is 29.6 Å². The largest absolute Gasteiger partial charge is 0.395 e. The molecule has 0 spiro atoms. The summed E-state index contributed by atoms with van der Waals surface area (Å²) in [6.45, 7) is 0.0638. The number of hydrogen-bond acceptors (Lipinski definition) is 5. The van der Waals surface area contributed by atoms with E-state index >= 15 is 0 Å². The zero-order chi connectivity index (χ0) is 13.5. The number of nitrogens with one attached hydrogen (secondary N) is 1. The maximum Gasteiger partial charge on any atom is 0.239 e. The van der Waals surface area contributed by atoms with Crippen LogP contribution < -0.4 is 5.32 Å². The van der Waals surface area contributed by atoms with Gasteiger partial charge in [0.05, 0.1) is 22.9 Å². The van der Waals surface area contributed by atoms with Crippen molar-refractivity contribution in [3.63, 3.8) is 0 Å². The molecule has 1 saturated heterocycles. The van der Waals surface area contributed by atoms with Crippen LogP contribution in [0.4, 0.5) is 5.13 Å². The van der Waals surface area contributed by atoms with Gasteiger partial charge in [-0.25, -0.2) is 4.98 Å². The summed E-state index contributed by atoms with van der Waals surface area (Å²) in [5.41, 5.74) is 0. The van der Waals surface area contributed by atoms with Gasteiger partial charge in [0.2, 0.25) is 5.91 Å². The molecule has 0 bridgehead atoms. The molecule has 0 radical (unpaired) electrons. The molecule has 2 rings (SSSR count). The van der Waals surface area contributed by atoms with Crippen molar-refractivity contribution in [1.29, 1.82) is 0 Å². The lowest BCUT2D eigenvalue weighted by Gasteiger charge is -2.19. The zero-order valence-electron chi connectivity index (χ0n) is 10.5. The molecule has 4 nitrogen and oxygen atoms in total. The van der Waals surface area contributed by atoms with Gasteiger partial charge in [0.15, 0.2) is 5.13 Å². The number of aliphatic hydroxyl groups is 1. The molecule has 0 saturated carbocycles. The van der Waals surface area contributed by atoms with E-state index in [1.165, 1.54) is 17.8 Å². The summed E-state index contributed by atoms with van der Waals surface area (Å²) in [5.74, 6) is 6.86. The van der Waals surface area contributed by atoms with Crippen LogP contribution in [0.25, 0.3) is 0 Å². The number of nitrogens with zero attached hydrogens (tertiary/aromatic N) is 1. The molecule has 2 heterocycles. The first-order chi connectivity index (χ1) is 9.29. The van der Waals surface area contributed by atoms with Crippen LogP contribution in [0.1, 0.15) is 30.6 Å². The first-order valence-corrected chi connectivity index (χ1v) is 8.14. The van der Waals surface area contributed by atoms with E-state index in [9.17, 15) is 4.79 Å². The van der Waals surface area contributed by atoms with Gasteiger partial charge in [0.25, 0.3) is 0 Å². The second-order valence-corrected chi connectivity index (χ2v) is 6.49. The number of anilines is 1. The highest BCUT2D eigenvalue weighted by Gasteiger charge is 2.22. The van der Waals surface area contributed by atoms with Gasteiger partial charge in [0, 0.05) is 6.42 Å². The summed E-state index contributed by atoms with van der Waals surface area (Å²) < 4.78 is 0. The minimum atomic E-state index is 0.0499. The topological polar surface area (TPSA) is 62.2 Å². The minimum absolute atomic E-state index is 0.0499. The van der Waals surface area contributed by atoms with Gasteiger partial charge in [-0.3, -0.25) is 4.79 Å². The molecule has 2 N–H and O–H groups in total. The average Bonchev–Trinajstić information content (AvgIpc) is 2.88. The number of hydrogen-bond donors (Lipinski definition) is 2. The lowest BCUT2D eigenvalue weighted by molar-refractivity contribution is -0.115. The lowest BCUT2D eigenvalue weighted by Crippen LogP contribution is -2.27. The van der Waals surface area contributed by atoms with Crippen molar-refractivity contribution in [3.8, 4) is 11.8 Å². The highest BCUT2D eigenvalue weighted by Crippen LogP contribution is 2.26. The van der Waals surface area contributed by atoms with Crippen LogP contribution in [0.3, 0.4) is 0 Å². The first kappa shape index (κ1) is 14.4. The van der Waals surface area contributed by atoms with E-state index in [0.29, 0.717) is 11.6 Å². The second-order valence-electron chi connectivity index (χ2n) is 4.15. The quantitative estimate of drug-likeness (QED) is 0.839. The van der Waals surface area contributed by atoms with Crippen LogP contribution >= 0.6 is 23.1 Å². The fourth-order valence-electron chi connectivity index (χ4n) is 1.73. The molecular formula is C13H16N2O2S2. The molecule has 0 aliphatic carbocycles. The Morgan fingerprint density at radius 1 is 1.58 bits per heavy atom. The Hall–Kier alpha value is -1.03. The fourth-order valence-corrected chi connectivity index (χ4v) is 3.62. The van der Waals surface area contributed by atoms with Gasteiger partial charge in [0.1, 0.15) is 0 Å². The highest BCUT2D eigenvalue weighted by molar-refractivity contribution is 8.00. The van der Waals surface area contributed by atoms with Crippen LogP contribution in [-0.4, -0.2) is 33.6 Å². The number of aromatic nitrogens is 1. The molecule has 19 heavy (non-hydrogen) atoms. The van der Waals surface area contributed by atoms with Crippen LogP contribution in [0.5, 0.6) is 0 Å². The van der Waals surface area contributed by atoms with E-state index in [2.05, 4.69) is 22.1 Å². The summed E-state index contributed by atoms with van der Waals surface area (Å²) in [5, 5.41) is 12.1. The smallest absolute Gasteiger partial charge is 0.239 e. The molecule has 1 aliphatic rings. The van der Waals surface area contributed by atoms with Gasteiger partial charge < -0.3 is 10.4 Å². The Bertz CT molecular complexity index is 484. The first-order valence-electron chi connectivity index (χ1n) is 6.27. The fraction of sp³-hybridized carbons (Fsp3) is 0.538. The summed E-state index contributed by atoms with van der Waals surface area (Å²) in [6, 6.07) is 0. The van der Waals surface area contributed by atoms with E-state index in [1.54, 1.807) is 18.0 Å². The van der Waals surface area contributed by atoms with E-state index in [1.807, 2.05) is 0 Å². The number of amides is 1. The average molecular weight is 296 g/mol. The van der Waals surface area contributed by atoms with Gasteiger partial charge in [-0.2, -0.15) is 0 Å². The van der Waals surface area contributed by atoms with Crippen LogP contribution in [0.15, 0.2) is 6.20 Å². The number of aliphatic hydroxyl groups excluding tert-OH is 1. The number of carbonyl (C=O) groups is 1. The second kappa shape index (κ2) is 7.53. The molecule has 1 aromatic heterocycles. The molecule has 1 atom stereocenters. The van der Waals surface area contributed by atoms with Crippen molar-refractivity contribution in [2.45, 2.75) is 30.9 Å². The van der Waals surface area contributed by atoms with Crippen LogP contribution in [0, 0.1) is 11.8 Å². The van der Waals surface area contributed by atoms with Crippen molar-refractivity contribution in [3.05, 3.63) is 11.1 Å². The molecule has 1 fully saturated rings. The third-order valence-electron chi connectivity index (χ3n) is 2.66. The Balaban J connectivity index is 1.89. The number of carbonyl (C=O) groups excluding carboxylic acids is 1. The highest BCUT2D eigenvalue weighted by atomic mass is 32.2. The Morgan fingerprint density at radius 3 is 3.21 bits per heavy atom. The molecule has 1 aromatic rings. The SMILES string of the molecule is O=C(Nc1ncc(C#CCCO)s1)C1CCCCS1. The van der Waals surface area contributed by atoms with E-state index in [0.717, 1.165) is 23.5 Å². The predicted molar refractivity (Wildman–Crippen MR) is 79.4 cm³/mol. The van der Waals surface area contributed by atoms with Gasteiger partial charge >= 0.3 is 0 Å². The van der Waals surface area contributed by atoms with Gasteiger partial charge in [-0.05, 0) is 18.6 Å². The molecule has 0 aromatic carbocycles. The third kappa shape index (κ3) is 4.53. The summed E-state index contributed by atoms with van der Waals surface area (Å²) >= 11 is 3.09. The monoisotopic (exact) mass is 296 g/mol. The Kier molecular flexibility index (Phi) is 5.70. The van der Waals surface area contributed by atoms with Crippen molar-refractivity contribution in [2.24, 2.45) is 0 Å². The molecule has 6 heteroatoms. The van der Waals surface area contributed by atoms with E-state index in [4.69, 9.17) is 5.11 Å². The molecule has 1 amide bonds. The van der Waals surface area contributed by atoms with Crippen molar-refractivity contribution < 1.29 is 9.90 Å². The summed E-state index contributed by atoms with van der Waals surface area (Å²) in [6.07, 6.45) is 5.39. The van der Waals surface area contributed by atoms with Crippen LogP contribution in [0.2, 0.25) is 0 Å². The normalized spacial score (nSPS) is 18.5. The Labute approximate surface area is 121 Å². The molecule has 1 aliphatic heterocycles. The van der Waals surface area contributed by atoms with Crippen LogP contribution in [-0.2, 0) is 4.79 Å². The van der Waals surface area contributed by atoms with Crippen molar-refractivity contribution >= 4 is 34.1 Å². The summed E-state index contributed by atoms with van der Waals surface area (Å²) in [4.78, 5) is 17.0. The standard InChI is InChI=1S/C13H16N2O2S2/c16-7-3-1-5-10-9-14-13(19-10)15-12(17)11-6-2-4-8-18-11/h9,11,16H,2-4,6-8H2,(H,14,15,17). The molecular weight excluding hydrogens is 280 g/mol. The maximum absolute atomic E-state index is 12.0. The lowest BCUT2D eigenvalue weighted by atomic mass is 10.2.